The molecule has 0 unspecified atom stereocenters. The van der Waals surface area contributed by atoms with Gasteiger partial charge < -0.3 is 9.84 Å². The molecule has 2 heterocycles. The third-order valence-corrected chi connectivity index (χ3v) is 2.87. The van der Waals surface area contributed by atoms with Gasteiger partial charge in [0.2, 0.25) is 0 Å². The van der Waals surface area contributed by atoms with Gasteiger partial charge in [-0.15, -0.1) is 0 Å². The van der Waals surface area contributed by atoms with E-state index in [1.54, 1.807) is 12.1 Å². The molecule has 0 spiro atoms. The van der Waals surface area contributed by atoms with Gasteiger partial charge in [-0.25, -0.2) is 9.78 Å². The molecule has 0 fully saturated rings. The quantitative estimate of drug-likeness (QED) is 0.841. The first kappa shape index (κ1) is 10.2. The number of carbonyl (C=O) groups is 1. The highest BCUT2D eigenvalue weighted by Gasteiger charge is 2.06. The number of hydrogen-bond donors (Lipinski definition) is 1. The molecule has 2 aromatic rings. The van der Waals surface area contributed by atoms with Crippen molar-refractivity contribution in [2.24, 2.45) is 0 Å². The van der Waals surface area contributed by atoms with Gasteiger partial charge in [0.1, 0.15) is 5.15 Å². The molecule has 2 rings (SSSR count). The number of aliphatic carboxylic acids is 1. The van der Waals surface area contributed by atoms with Gasteiger partial charge in [-0.2, -0.15) is 0 Å². The number of nitrogens with zero attached hydrogens (tertiary/aromatic N) is 1. The zero-order chi connectivity index (χ0) is 10.8. The van der Waals surface area contributed by atoms with Gasteiger partial charge in [0.15, 0.2) is 11.7 Å². The van der Waals surface area contributed by atoms with E-state index in [1.807, 2.05) is 6.07 Å². The van der Waals surface area contributed by atoms with Gasteiger partial charge in [-0.1, -0.05) is 22.9 Å². The van der Waals surface area contributed by atoms with Crippen molar-refractivity contribution in [1.82, 2.24) is 4.98 Å². The number of pyridine rings is 1. The fraction of sp³-hybridized carbons (Fsp3) is 0.111. The van der Waals surface area contributed by atoms with E-state index >= 15 is 0 Å². The molecule has 4 nitrogen and oxygen atoms in total. The maximum Gasteiger partial charge on any atom is 0.341 e. The monoisotopic (exact) mass is 243 g/mol. The lowest BCUT2D eigenvalue weighted by Gasteiger charge is -1.95. The van der Waals surface area contributed by atoms with Crippen molar-refractivity contribution in [1.29, 1.82) is 0 Å². The summed E-state index contributed by atoms with van der Waals surface area (Å²) >= 11 is 7.06. The van der Waals surface area contributed by atoms with E-state index in [0.29, 0.717) is 15.7 Å². The molecule has 0 aromatic carbocycles. The lowest BCUT2D eigenvalue weighted by Crippen LogP contribution is -2.08. The van der Waals surface area contributed by atoms with Crippen LogP contribution in [-0.4, -0.2) is 22.7 Å². The van der Waals surface area contributed by atoms with Crippen molar-refractivity contribution in [3.8, 4) is 5.06 Å². The highest BCUT2D eigenvalue weighted by molar-refractivity contribution is 7.20. The molecule has 0 radical (unpaired) electrons. The minimum atomic E-state index is -1.00. The molecule has 0 amide bonds. The lowest BCUT2D eigenvalue weighted by molar-refractivity contribution is -0.139. The van der Waals surface area contributed by atoms with Crippen molar-refractivity contribution in [3.05, 3.63) is 23.4 Å². The Labute approximate surface area is 94.1 Å². The molecule has 1 N–H and O–H groups in total. The van der Waals surface area contributed by atoms with E-state index in [4.69, 9.17) is 21.4 Å². The predicted molar refractivity (Wildman–Crippen MR) is 57.8 cm³/mol. The first-order chi connectivity index (χ1) is 7.15. The number of thiophene rings is 1. The first-order valence-corrected chi connectivity index (χ1v) is 5.25. The number of carboxylic acids is 1. The Morgan fingerprint density at radius 3 is 3.13 bits per heavy atom. The molecule has 0 bridgehead atoms. The second-order valence-electron chi connectivity index (χ2n) is 2.77. The summed E-state index contributed by atoms with van der Waals surface area (Å²) in [7, 11) is 0. The van der Waals surface area contributed by atoms with E-state index < -0.39 is 5.97 Å². The molecule has 6 heteroatoms. The summed E-state index contributed by atoms with van der Waals surface area (Å²) in [5.41, 5.74) is 0.716. The van der Waals surface area contributed by atoms with Crippen LogP contribution in [0.3, 0.4) is 0 Å². The van der Waals surface area contributed by atoms with Gasteiger partial charge in [0.05, 0.1) is 10.2 Å². The summed E-state index contributed by atoms with van der Waals surface area (Å²) in [6.07, 6.45) is 0. The van der Waals surface area contributed by atoms with Crippen LogP contribution < -0.4 is 4.74 Å². The van der Waals surface area contributed by atoms with Crippen LogP contribution in [0, 0.1) is 0 Å². The fourth-order valence-electron chi connectivity index (χ4n) is 1.08. The molecule has 0 aliphatic carbocycles. The van der Waals surface area contributed by atoms with Crippen LogP contribution in [0.5, 0.6) is 5.06 Å². The van der Waals surface area contributed by atoms with Crippen LogP contribution in [0.25, 0.3) is 10.2 Å². The average Bonchev–Trinajstić information content (AvgIpc) is 2.56. The summed E-state index contributed by atoms with van der Waals surface area (Å²) in [6, 6.07) is 5.18. The third-order valence-electron chi connectivity index (χ3n) is 1.65. The molecule has 78 valence electrons. The van der Waals surface area contributed by atoms with Gasteiger partial charge in [-0.05, 0) is 12.1 Å². The van der Waals surface area contributed by atoms with Crippen molar-refractivity contribution >= 4 is 39.1 Å². The van der Waals surface area contributed by atoms with Crippen LogP contribution >= 0.6 is 22.9 Å². The Balaban J connectivity index is 2.27. The van der Waals surface area contributed by atoms with E-state index in [9.17, 15) is 4.79 Å². The van der Waals surface area contributed by atoms with Crippen LogP contribution in [0.1, 0.15) is 0 Å². The van der Waals surface area contributed by atoms with Gasteiger partial charge >= 0.3 is 5.97 Å². The minimum absolute atomic E-state index is 0.347. The zero-order valence-electron chi connectivity index (χ0n) is 7.44. The van der Waals surface area contributed by atoms with E-state index in [-0.39, 0.29) is 6.61 Å². The second-order valence-corrected chi connectivity index (χ2v) is 4.20. The second kappa shape index (κ2) is 4.04. The number of ether oxygens (including phenoxy) is 1. The Hall–Kier alpha value is -1.33. The summed E-state index contributed by atoms with van der Waals surface area (Å²) in [4.78, 5) is 14.4. The molecule has 0 saturated heterocycles. The van der Waals surface area contributed by atoms with E-state index in [1.165, 1.54) is 11.3 Å². The van der Waals surface area contributed by atoms with Crippen molar-refractivity contribution in [3.63, 3.8) is 0 Å². The Bertz CT molecular complexity index is 511. The highest BCUT2D eigenvalue weighted by atomic mass is 35.5. The number of rotatable bonds is 3. The van der Waals surface area contributed by atoms with Gasteiger partial charge in [-0.3, -0.25) is 0 Å². The first-order valence-electron chi connectivity index (χ1n) is 4.06. The summed E-state index contributed by atoms with van der Waals surface area (Å²) in [6.45, 7) is -0.347. The zero-order valence-corrected chi connectivity index (χ0v) is 9.01. The van der Waals surface area contributed by atoms with Crippen molar-refractivity contribution in [2.75, 3.05) is 6.61 Å². The fourth-order valence-corrected chi connectivity index (χ4v) is 2.08. The number of aromatic nitrogens is 1. The standard InChI is InChI=1S/C9H6ClNO3S/c10-7-2-1-6-5(11-7)3-9(15-6)14-4-8(12)13/h1-3H,4H2,(H,12,13). The Morgan fingerprint density at radius 2 is 2.40 bits per heavy atom. The number of halogens is 1. The molecule has 15 heavy (non-hydrogen) atoms. The Kier molecular flexibility index (Phi) is 2.75. The minimum Gasteiger partial charge on any atom is -0.479 e. The van der Waals surface area contributed by atoms with Crippen LogP contribution in [0.15, 0.2) is 18.2 Å². The van der Waals surface area contributed by atoms with E-state index in [2.05, 4.69) is 4.98 Å². The van der Waals surface area contributed by atoms with Crippen LogP contribution in [0.4, 0.5) is 0 Å². The van der Waals surface area contributed by atoms with Crippen molar-refractivity contribution in [2.45, 2.75) is 0 Å². The number of carboxylic acid groups (broad SMARTS) is 1. The molecular formula is C9H6ClNO3S. The summed E-state index contributed by atoms with van der Waals surface area (Å²) in [5, 5.41) is 9.37. The molecule has 2 aromatic heterocycles. The third kappa shape index (κ3) is 2.37. The number of fused-ring (bicyclic) bond motifs is 1. The topological polar surface area (TPSA) is 59.4 Å². The summed E-state index contributed by atoms with van der Waals surface area (Å²) in [5.74, 6) is -1.00. The van der Waals surface area contributed by atoms with Gasteiger partial charge in [0, 0.05) is 6.07 Å². The Morgan fingerprint density at radius 1 is 1.60 bits per heavy atom. The van der Waals surface area contributed by atoms with Crippen LogP contribution in [0.2, 0.25) is 5.15 Å². The normalized spacial score (nSPS) is 10.5. The maximum atomic E-state index is 10.3. The largest absolute Gasteiger partial charge is 0.479 e. The van der Waals surface area contributed by atoms with Crippen LogP contribution in [-0.2, 0) is 4.79 Å². The summed E-state index contributed by atoms with van der Waals surface area (Å²) < 4.78 is 5.94. The molecule has 0 aliphatic heterocycles. The highest BCUT2D eigenvalue weighted by Crippen LogP contribution is 2.31. The lowest BCUT2D eigenvalue weighted by atomic mass is 10.4. The molecule has 0 atom stereocenters. The van der Waals surface area contributed by atoms with Crippen molar-refractivity contribution < 1.29 is 14.6 Å². The predicted octanol–water partition coefficient (Wildman–Crippen LogP) is 2.41. The molecular weight excluding hydrogens is 238 g/mol. The molecule has 0 aliphatic rings. The molecule has 0 saturated carbocycles. The van der Waals surface area contributed by atoms with E-state index in [0.717, 1.165) is 4.70 Å². The smallest absolute Gasteiger partial charge is 0.341 e. The SMILES string of the molecule is O=C(O)COc1cc2nc(Cl)ccc2s1. The maximum absolute atomic E-state index is 10.3. The van der Waals surface area contributed by atoms with Gasteiger partial charge in [0.25, 0.3) is 0 Å². The average molecular weight is 244 g/mol. The number of hydrogen-bond acceptors (Lipinski definition) is 4.